The summed E-state index contributed by atoms with van der Waals surface area (Å²) in [6, 6.07) is -0.390. The molecule has 0 saturated carbocycles. The summed E-state index contributed by atoms with van der Waals surface area (Å²) in [6.45, 7) is 4.68. The van der Waals surface area contributed by atoms with Gasteiger partial charge in [0.05, 0.1) is 12.1 Å². The van der Waals surface area contributed by atoms with E-state index in [-0.39, 0.29) is 30.6 Å². The molecule has 0 rings (SSSR count). The first kappa shape index (κ1) is 31.6. The Morgan fingerprint density at radius 2 is 1.48 bits per heavy atom. The van der Waals surface area contributed by atoms with E-state index in [4.69, 9.17) is 9.47 Å². The van der Waals surface area contributed by atoms with Gasteiger partial charge in [-0.1, -0.05) is 83.3 Å². The highest BCUT2D eigenvalue weighted by atomic mass is 16.5. The molecule has 2 atom stereocenters. The van der Waals surface area contributed by atoms with Crippen LogP contribution in [0.15, 0.2) is 12.2 Å². The van der Waals surface area contributed by atoms with Crippen molar-refractivity contribution in [1.29, 1.82) is 0 Å². The number of nitrogens with zero attached hydrogens (tertiary/aromatic N) is 1. The molecule has 0 saturated heterocycles. The lowest BCUT2D eigenvalue weighted by atomic mass is 10.0. The molecule has 6 heteroatoms. The van der Waals surface area contributed by atoms with Gasteiger partial charge in [-0.2, -0.15) is 0 Å². The van der Waals surface area contributed by atoms with Crippen LogP contribution in [-0.4, -0.2) is 63.3 Å². The first-order valence-electron chi connectivity index (χ1n) is 13.2. The van der Waals surface area contributed by atoms with Crippen molar-refractivity contribution in [3.05, 3.63) is 12.2 Å². The third-order valence-corrected chi connectivity index (χ3v) is 5.77. The van der Waals surface area contributed by atoms with Crippen molar-refractivity contribution >= 4 is 11.9 Å². The van der Waals surface area contributed by atoms with Crippen LogP contribution < -0.4 is 5.32 Å². The van der Waals surface area contributed by atoms with Crippen molar-refractivity contribution in [3.63, 3.8) is 0 Å². The monoisotopic (exact) mass is 468 g/mol. The van der Waals surface area contributed by atoms with E-state index in [1.807, 2.05) is 25.1 Å². The minimum Gasteiger partial charge on any atom is -0.463 e. The molecule has 0 fully saturated rings. The van der Waals surface area contributed by atoms with Gasteiger partial charge in [0, 0.05) is 20.5 Å². The summed E-state index contributed by atoms with van der Waals surface area (Å²) in [5.74, 6) is -0.406. The predicted octanol–water partition coefficient (Wildman–Crippen LogP) is 5.65. The van der Waals surface area contributed by atoms with Crippen molar-refractivity contribution < 1.29 is 19.1 Å². The molecule has 1 N–H and O–H groups in total. The Balaban J connectivity index is 4.13. The molecule has 0 bridgehead atoms. The minimum atomic E-state index is -0.390. The number of allylic oxidation sites excluding steroid dienone is 1. The van der Waals surface area contributed by atoms with Gasteiger partial charge in [0.15, 0.2) is 0 Å². The van der Waals surface area contributed by atoms with Crippen LogP contribution in [0.5, 0.6) is 0 Å². The summed E-state index contributed by atoms with van der Waals surface area (Å²) in [6.07, 6.45) is 20.6. The van der Waals surface area contributed by atoms with E-state index in [0.29, 0.717) is 6.42 Å². The summed E-state index contributed by atoms with van der Waals surface area (Å²) in [5, 5.41) is 2.86. The third-order valence-electron chi connectivity index (χ3n) is 5.77. The van der Waals surface area contributed by atoms with E-state index >= 15 is 0 Å². The van der Waals surface area contributed by atoms with E-state index in [1.165, 1.54) is 71.1 Å². The first-order chi connectivity index (χ1) is 15.9. The Bertz CT molecular complexity index is 508. The summed E-state index contributed by atoms with van der Waals surface area (Å²) >= 11 is 0. The largest absolute Gasteiger partial charge is 0.463 e. The summed E-state index contributed by atoms with van der Waals surface area (Å²) in [4.78, 5) is 25.7. The molecular formula is C27H52N2O4. The Kier molecular flexibility index (Phi) is 21.4. The summed E-state index contributed by atoms with van der Waals surface area (Å²) in [5.41, 5.74) is 0. The number of hydrogen-bond acceptors (Lipinski definition) is 5. The molecule has 0 aliphatic rings. The van der Waals surface area contributed by atoms with Gasteiger partial charge in [-0.3, -0.25) is 9.59 Å². The van der Waals surface area contributed by atoms with Crippen LogP contribution in [0.1, 0.15) is 104 Å². The molecule has 0 spiro atoms. The first-order valence-corrected chi connectivity index (χ1v) is 13.2. The van der Waals surface area contributed by atoms with Crippen molar-refractivity contribution in [2.45, 2.75) is 116 Å². The number of nitrogens with one attached hydrogen (secondary N) is 1. The fraction of sp³-hybridized carbons (Fsp3) is 0.852. The maximum Gasteiger partial charge on any atom is 0.305 e. The zero-order chi connectivity index (χ0) is 24.7. The Morgan fingerprint density at radius 3 is 2.00 bits per heavy atom. The number of hydrogen-bond donors (Lipinski definition) is 1. The van der Waals surface area contributed by atoms with Gasteiger partial charge in [0.25, 0.3) is 0 Å². The van der Waals surface area contributed by atoms with Crippen molar-refractivity contribution in [2.75, 3.05) is 34.4 Å². The Morgan fingerprint density at radius 1 is 0.909 bits per heavy atom. The van der Waals surface area contributed by atoms with Crippen LogP contribution in [0, 0.1) is 0 Å². The molecule has 0 aromatic carbocycles. The smallest absolute Gasteiger partial charge is 0.305 e. The van der Waals surface area contributed by atoms with Gasteiger partial charge in [0.1, 0.15) is 6.61 Å². The van der Waals surface area contributed by atoms with E-state index in [1.54, 1.807) is 7.11 Å². The summed E-state index contributed by atoms with van der Waals surface area (Å²) < 4.78 is 11.0. The number of rotatable bonds is 22. The number of carbonyl (C=O) groups excluding carboxylic acids is 2. The average molecular weight is 469 g/mol. The maximum atomic E-state index is 12.0. The zero-order valence-corrected chi connectivity index (χ0v) is 22.2. The van der Waals surface area contributed by atoms with E-state index in [9.17, 15) is 9.59 Å². The topological polar surface area (TPSA) is 67.9 Å². The van der Waals surface area contributed by atoms with E-state index in [0.717, 1.165) is 25.8 Å². The van der Waals surface area contributed by atoms with Crippen LogP contribution in [0.25, 0.3) is 0 Å². The molecule has 0 aliphatic heterocycles. The fourth-order valence-corrected chi connectivity index (χ4v) is 3.81. The second kappa shape index (κ2) is 22.4. The van der Waals surface area contributed by atoms with Gasteiger partial charge in [-0.05, 0) is 39.9 Å². The van der Waals surface area contributed by atoms with Gasteiger partial charge in [-0.15, -0.1) is 0 Å². The highest BCUT2D eigenvalue weighted by molar-refractivity contribution is 5.73. The van der Waals surface area contributed by atoms with Gasteiger partial charge in [0.2, 0.25) is 5.91 Å². The molecule has 0 radical (unpaired) electrons. The molecule has 0 aromatic rings. The predicted molar refractivity (Wildman–Crippen MR) is 137 cm³/mol. The van der Waals surface area contributed by atoms with Gasteiger partial charge in [-0.25, -0.2) is 0 Å². The zero-order valence-electron chi connectivity index (χ0n) is 22.2. The molecule has 194 valence electrons. The molecule has 0 heterocycles. The lowest BCUT2D eigenvalue weighted by molar-refractivity contribution is -0.146. The molecule has 0 aliphatic carbocycles. The highest BCUT2D eigenvalue weighted by Crippen LogP contribution is 2.12. The van der Waals surface area contributed by atoms with Gasteiger partial charge < -0.3 is 19.7 Å². The third kappa shape index (κ3) is 20.9. The Hall–Kier alpha value is -1.40. The van der Waals surface area contributed by atoms with Crippen molar-refractivity contribution in [1.82, 2.24) is 10.2 Å². The second-order valence-electron chi connectivity index (χ2n) is 9.35. The minimum absolute atomic E-state index is 0.113. The number of methoxy groups -OCH3 is 1. The van der Waals surface area contributed by atoms with Crippen LogP contribution in [0.3, 0.4) is 0 Å². The van der Waals surface area contributed by atoms with E-state index < -0.39 is 0 Å². The molecule has 6 nitrogen and oxygen atoms in total. The molecular weight excluding hydrogens is 416 g/mol. The van der Waals surface area contributed by atoms with Crippen molar-refractivity contribution in [2.24, 2.45) is 0 Å². The van der Waals surface area contributed by atoms with Crippen LogP contribution in [0.2, 0.25) is 0 Å². The lowest BCUT2D eigenvalue weighted by Crippen LogP contribution is -2.46. The number of amides is 1. The summed E-state index contributed by atoms with van der Waals surface area (Å²) in [7, 11) is 5.57. The second-order valence-corrected chi connectivity index (χ2v) is 9.35. The molecule has 0 unspecified atom stereocenters. The van der Waals surface area contributed by atoms with Crippen LogP contribution in [-0.2, 0) is 19.1 Å². The van der Waals surface area contributed by atoms with Crippen molar-refractivity contribution in [3.8, 4) is 0 Å². The SMILES string of the molecule is CCCCCCCCCCCCC/C=C/[C@@H](OC)[C@H](COC(=O)CCCN(C)C)NC(C)=O. The fourth-order valence-electron chi connectivity index (χ4n) is 3.81. The quantitative estimate of drug-likeness (QED) is 0.126. The maximum absolute atomic E-state index is 12.0. The van der Waals surface area contributed by atoms with Crippen LogP contribution in [0.4, 0.5) is 0 Å². The van der Waals surface area contributed by atoms with Gasteiger partial charge >= 0.3 is 5.97 Å². The molecule has 33 heavy (non-hydrogen) atoms. The number of unbranched alkanes of at least 4 members (excludes halogenated alkanes) is 11. The number of carbonyl (C=O) groups is 2. The standard InChI is InChI=1S/C27H52N2O4/c1-6-7-8-9-10-11-12-13-14-15-16-17-18-20-26(32-5)25(28-24(2)30)23-33-27(31)21-19-22-29(3)4/h18,20,25-26H,6-17,19,21-23H2,1-5H3,(H,28,30)/b20-18+/t25-,26+/m0/s1. The molecule has 0 aromatic heterocycles. The lowest BCUT2D eigenvalue weighted by Gasteiger charge is -2.24. The number of ether oxygens (including phenoxy) is 2. The van der Waals surface area contributed by atoms with E-state index in [2.05, 4.69) is 18.3 Å². The molecule has 1 amide bonds. The normalized spacial score (nSPS) is 13.4. The highest BCUT2D eigenvalue weighted by Gasteiger charge is 2.21. The van der Waals surface area contributed by atoms with Crippen LogP contribution >= 0.6 is 0 Å². The average Bonchev–Trinajstić information content (AvgIpc) is 2.76. The Labute approximate surface area is 203 Å². The number of esters is 1.